The third kappa shape index (κ3) is 3.80. The highest BCUT2D eigenvalue weighted by Crippen LogP contribution is 2.19. The molecule has 3 rings (SSSR count). The first kappa shape index (κ1) is 15.3. The monoisotopic (exact) mass is 319 g/mol. The van der Waals surface area contributed by atoms with Crippen LogP contribution in [0.3, 0.4) is 0 Å². The number of fused-ring (bicyclic) bond motifs is 1. The summed E-state index contributed by atoms with van der Waals surface area (Å²) in [6.07, 6.45) is 9.57. The maximum atomic E-state index is 12.1. The van der Waals surface area contributed by atoms with Gasteiger partial charge in [0.15, 0.2) is 0 Å². The molecule has 0 aliphatic heterocycles. The van der Waals surface area contributed by atoms with Crippen LogP contribution >= 0.6 is 11.6 Å². The number of carbonyl (C=O) groups is 1. The van der Waals surface area contributed by atoms with Crippen LogP contribution in [0.2, 0.25) is 5.02 Å². The zero-order valence-corrected chi connectivity index (χ0v) is 13.5. The Hall–Kier alpha value is -1.55. The van der Waals surface area contributed by atoms with Crippen LogP contribution in [0.5, 0.6) is 0 Å². The lowest BCUT2D eigenvalue weighted by atomic mass is 10.1. The Morgan fingerprint density at radius 2 is 2.05 bits per heavy atom. The Bertz CT molecular complexity index is 644. The number of amides is 1. The Morgan fingerprint density at radius 1 is 1.27 bits per heavy atom. The van der Waals surface area contributed by atoms with E-state index in [1.807, 2.05) is 22.9 Å². The SMILES string of the molecule is O=C(CCn1ncc2cc(Cl)ccc21)NC1CCCCCC1. The molecule has 0 bridgehead atoms. The van der Waals surface area contributed by atoms with Crippen LogP contribution in [0.25, 0.3) is 10.9 Å². The fraction of sp³-hybridized carbons (Fsp3) is 0.529. The number of hydrogen-bond donors (Lipinski definition) is 1. The van der Waals surface area contributed by atoms with Gasteiger partial charge >= 0.3 is 0 Å². The predicted molar refractivity (Wildman–Crippen MR) is 89.0 cm³/mol. The van der Waals surface area contributed by atoms with E-state index >= 15 is 0 Å². The maximum Gasteiger partial charge on any atom is 0.222 e. The van der Waals surface area contributed by atoms with Gasteiger partial charge in [-0.2, -0.15) is 5.10 Å². The number of carbonyl (C=O) groups excluding carboxylic acids is 1. The topological polar surface area (TPSA) is 46.9 Å². The molecule has 4 nitrogen and oxygen atoms in total. The van der Waals surface area contributed by atoms with Crippen molar-refractivity contribution in [3.8, 4) is 0 Å². The predicted octanol–water partition coefficient (Wildman–Crippen LogP) is 3.92. The summed E-state index contributed by atoms with van der Waals surface area (Å²) in [5.74, 6) is 0.129. The second-order valence-electron chi connectivity index (χ2n) is 6.08. The van der Waals surface area contributed by atoms with Gasteiger partial charge in [0, 0.05) is 22.9 Å². The quantitative estimate of drug-likeness (QED) is 0.868. The van der Waals surface area contributed by atoms with Gasteiger partial charge < -0.3 is 5.32 Å². The molecule has 0 saturated heterocycles. The van der Waals surface area contributed by atoms with Crippen LogP contribution in [0.15, 0.2) is 24.4 Å². The molecule has 0 spiro atoms. The van der Waals surface area contributed by atoms with Crippen LogP contribution < -0.4 is 5.32 Å². The minimum absolute atomic E-state index is 0.129. The van der Waals surface area contributed by atoms with E-state index in [1.165, 1.54) is 25.7 Å². The van der Waals surface area contributed by atoms with Crippen LogP contribution in [0.4, 0.5) is 0 Å². The molecule has 1 aliphatic rings. The Kier molecular flexibility index (Phi) is 4.98. The van der Waals surface area contributed by atoms with Crippen molar-refractivity contribution in [3.05, 3.63) is 29.4 Å². The number of halogens is 1. The summed E-state index contributed by atoms with van der Waals surface area (Å²) in [5.41, 5.74) is 1.02. The number of nitrogens with zero attached hydrogens (tertiary/aromatic N) is 2. The molecule has 1 heterocycles. The summed E-state index contributed by atoms with van der Waals surface area (Å²) >= 11 is 5.98. The highest BCUT2D eigenvalue weighted by atomic mass is 35.5. The third-order valence-electron chi connectivity index (χ3n) is 4.37. The van der Waals surface area contributed by atoms with Gasteiger partial charge in [0.1, 0.15) is 0 Å². The Morgan fingerprint density at radius 3 is 2.82 bits per heavy atom. The molecule has 0 radical (unpaired) electrons. The highest BCUT2D eigenvalue weighted by Gasteiger charge is 2.14. The largest absolute Gasteiger partial charge is 0.353 e. The molecule has 1 amide bonds. The molecular weight excluding hydrogens is 298 g/mol. The fourth-order valence-corrected chi connectivity index (χ4v) is 3.35. The zero-order valence-electron chi connectivity index (χ0n) is 12.7. The van der Waals surface area contributed by atoms with Crippen molar-refractivity contribution in [2.24, 2.45) is 0 Å². The third-order valence-corrected chi connectivity index (χ3v) is 4.61. The second kappa shape index (κ2) is 7.14. The summed E-state index contributed by atoms with van der Waals surface area (Å²) in [6, 6.07) is 6.07. The minimum Gasteiger partial charge on any atom is -0.353 e. The molecule has 5 heteroatoms. The molecule has 1 saturated carbocycles. The summed E-state index contributed by atoms with van der Waals surface area (Å²) < 4.78 is 1.87. The van der Waals surface area contributed by atoms with Gasteiger partial charge in [-0.25, -0.2) is 0 Å². The van der Waals surface area contributed by atoms with Crippen LogP contribution in [-0.2, 0) is 11.3 Å². The standard InChI is InChI=1S/C17H22ClN3O/c18-14-7-8-16-13(11-14)12-19-21(16)10-9-17(22)20-15-5-3-1-2-4-6-15/h7-8,11-12,15H,1-6,9-10H2,(H,20,22). The van der Waals surface area contributed by atoms with E-state index in [4.69, 9.17) is 11.6 Å². The van der Waals surface area contributed by atoms with Gasteiger partial charge in [0.05, 0.1) is 18.3 Å². The molecule has 2 aromatic rings. The first-order valence-corrected chi connectivity index (χ1v) is 8.50. The summed E-state index contributed by atoms with van der Waals surface area (Å²) in [7, 11) is 0. The molecule has 1 aromatic heterocycles. The molecule has 22 heavy (non-hydrogen) atoms. The van der Waals surface area contributed by atoms with Crippen molar-refractivity contribution in [3.63, 3.8) is 0 Å². The van der Waals surface area contributed by atoms with E-state index in [-0.39, 0.29) is 5.91 Å². The molecule has 1 fully saturated rings. The smallest absolute Gasteiger partial charge is 0.222 e. The lowest BCUT2D eigenvalue weighted by Gasteiger charge is -2.16. The molecular formula is C17H22ClN3O. The van der Waals surface area contributed by atoms with Gasteiger partial charge in [-0.3, -0.25) is 9.48 Å². The second-order valence-corrected chi connectivity index (χ2v) is 6.51. The van der Waals surface area contributed by atoms with Gasteiger partial charge in [-0.15, -0.1) is 0 Å². The number of benzene rings is 1. The van der Waals surface area contributed by atoms with E-state index in [1.54, 1.807) is 6.20 Å². The summed E-state index contributed by atoms with van der Waals surface area (Å²) in [6.45, 7) is 0.601. The van der Waals surface area contributed by atoms with Crippen LogP contribution in [-0.4, -0.2) is 21.7 Å². The number of hydrogen-bond acceptors (Lipinski definition) is 2. The fourth-order valence-electron chi connectivity index (χ4n) is 3.17. The molecule has 0 atom stereocenters. The summed E-state index contributed by atoms with van der Waals surface area (Å²) in [4.78, 5) is 12.1. The van der Waals surface area contributed by atoms with E-state index < -0.39 is 0 Å². The van der Waals surface area contributed by atoms with E-state index in [0.29, 0.717) is 24.0 Å². The van der Waals surface area contributed by atoms with Gasteiger partial charge in [0.2, 0.25) is 5.91 Å². The van der Waals surface area contributed by atoms with Crippen molar-refractivity contribution >= 4 is 28.4 Å². The van der Waals surface area contributed by atoms with E-state index in [0.717, 1.165) is 23.7 Å². The highest BCUT2D eigenvalue weighted by molar-refractivity contribution is 6.31. The molecule has 1 N–H and O–H groups in total. The average molecular weight is 320 g/mol. The van der Waals surface area contributed by atoms with Gasteiger partial charge in [-0.1, -0.05) is 37.3 Å². The molecule has 1 aliphatic carbocycles. The van der Waals surface area contributed by atoms with Crippen molar-refractivity contribution in [1.82, 2.24) is 15.1 Å². The molecule has 118 valence electrons. The Balaban J connectivity index is 1.55. The van der Waals surface area contributed by atoms with Crippen molar-refractivity contribution in [2.75, 3.05) is 0 Å². The number of aromatic nitrogens is 2. The van der Waals surface area contributed by atoms with Gasteiger partial charge in [0.25, 0.3) is 0 Å². The van der Waals surface area contributed by atoms with E-state index in [9.17, 15) is 4.79 Å². The number of rotatable bonds is 4. The minimum atomic E-state index is 0.129. The van der Waals surface area contributed by atoms with Gasteiger partial charge in [-0.05, 0) is 31.0 Å². The normalized spacial score (nSPS) is 16.6. The van der Waals surface area contributed by atoms with Crippen LogP contribution in [0, 0.1) is 0 Å². The first-order valence-electron chi connectivity index (χ1n) is 8.13. The zero-order chi connectivity index (χ0) is 15.4. The van der Waals surface area contributed by atoms with E-state index in [2.05, 4.69) is 10.4 Å². The number of nitrogens with one attached hydrogen (secondary N) is 1. The first-order chi connectivity index (χ1) is 10.7. The maximum absolute atomic E-state index is 12.1. The van der Waals surface area contributed by atoms with Crippen molar-refractivity contribution in [1.29, 1.82) is 0 Å². The van der Waals surface area contributed by atoms with Crippen molar-refractivity contribution in [2.45, 2.75) is 57.5 Å². The lowest BCUT2D eigenvalue weighted by molar-refractivity contribution is -0.122. The van der Waals surface area contributed by atoms with Crippen LogP contribution in [0.1, 0.15) is 44.9 Å². The summed E-state index contributed by atoms with van der Waals surface area (Å²) in [5, 5.41) is 9.24. The Labute approximate surface area is 135 Å². The lowest BCUT2D eigenvalue weighted by Crippen LogP contribution is -2.34. The molecule has 1 aromatic carbocycles. The molecule has 0 unspecified atom stereocenters. The average Bonchev–Trinajstić information content (AvgIpc) is 2.72. The number of aryl methyl sites for hydroxylation is 1. The van der Waals surface area contributed by atoms with Crippen molar-refractivity contribution < 1.29 is 4.79 Å².